The molecule has 0 saturated carbocycles. The highest BCUT2D eigenvalue weighted by Gasteiger charge is 2.29. The summed E-state index contributed by atoms with van der Waals surface area (Å²) in [5.41, 5.74) is 5.67. The topological polar surface area (TPSA) is 102 Å². The van der Waals surface area contributed by atoms with Gasteiger partial charge in [0.15, 0.2) is 0 Å². The van der Waals surface area contributed by atoms with Crippen molar-refractivity contribution in [2.45, 2.75) is 25.9 Å². The number of nitro groups is 1. The van der Waals surface area contributed by atoms with Crippen LogP contribution in [0.3, 0.4) is 0 Å². The molecular weight excluding hydrogens is 260 g/mol. The van der Waals surface area contributed by atoms with E-state index in [1.54, 1.807) is 4.90 Å². The highest BCUT2D eigenvalue weighted by molar-refractivity contribution is 5.96. The fraction of sp³-hybridized carbons (Fsp3) is 0.462. The molecular formula is C13H18N4O3. The molecule has 1 aliphatic heterocycles. The van der Waals surface area contributed by atoms with Gasteiger partial charge in [0.25, 0.3) is 11.6 Å². The molecule has 1 heterocycles. The first-order valence-electron chi connectivity index (χ1n) is 6.50. The van der Waals surface area contributed by atoms with Crippen LogP contribution in [0.1, 0.15) is 24.2 Å². The summed E-state index contributed by atoms with van der Waals surface area (Å²) in [7, 11) is 0. The zero-order valence-corrected chi connectivity index (χ0v) is 11.5. The summed E-state index contributed by atoms with van der Waals surface area (Å²) >= 11 is 0. The predicted octanol–water partition coefficient (Wildman–Crippen LogP) is 0.999. The number of nitrogen functional groups attached to an aromatic ring is 1. The molecule has 108 valence electrons. The van der Waals surface area contributed by atoms with Crippen molar-refractivity contribution >= 4 is 17.3 Å². The van der Waals surface area contributed by atoms with Gasteiger partial charge in [-0.25, -0.2) is 0 Å². The molecule has 2 unspecified atom stereocenters. The van der Waals surface area contributed by atoms with Gasteiger partial charge in [0.2, 0.25) is 0 Å². The third-order valence-electron chi connectivity index (χ3n) is 3.77. The van der Waals surface area contributed by atoms with Crippen molar-refractivity contribution < 1.29 is 9.72 Å². The Morgan fingerprint density at radius 2 is 2.20 bits per heavy atom. The van der Waals surface area contributed by atoms with Crippen LogP contribution < -0.4 is 11.1 Å². The minimum Gasteiger partial charge on any atom is -0.393 e. The summed E-state index contributed by atoms with van der Waals surface area (Å²) in [4.78, 5) is 24.5. The number of hydrogen-bond donors (Lipinski definition) is 2. The minimum absolute atomic E-state index is 0.0351. The van der Waals surface area contributed by atoms with E-state index >= 15 is 0 Å². The van der Waals surface area contributed by atoms with Crippen molar-refractivity contribution in [3.63, 3.8) is 0 Å². The standard InChI is InChI=1S/C13H18N4O3/c1-8-9(2)16(6-5-15-8)13(18)10-3-4-11(14)12(7-10)17(19)20/h3-4,7-9,15H,5-6,14H2,1-2H3. The SMILES string of the molecule is CC1NCCN(C(=O)c2ccc(N)c([N+](=O)[O-])c2)C1C. The van der Waals surface area contributed by atoms with E-state index < -0.39 is 4.92 Å². The number of rotatable bonds is 2. The second-order valence-corrected chi connectivity index (χ2v) is 5.01. The Labute approximate surface area is 116 Å². The fourth-order valence-corrected chi connectivity index (χ4v) is 2.34. The predicted molar refractivity (Wildman–Crippen MR) is 75.5 cm³/mol. The number of nitrogens with one attached hydrogen (secondary N) is 1. The molecule has 0 bridgehead atoms. The third kappa shape index (κ3) is 2.57. The van der Waals surface area contributed by atoms with Gasteiger partial charge in [0.05, 0.1) is 4.92 Å². The molecule has 0 aromatic heterocycles. The smallest absolute Gasteiger partial charge is 0.292 e. The Balaban J connectivity index is 2.29. The molecule has 1 aliphatic rings. The summed E-state index contributed by atoms with van der Waals surface area (Å²) in [6, 6.07) is 4.41. The molecule has 1 aromatic carbocycles. The van der Waals surface area contributed by atoms with Crippen molar-refractivity contribution in [3.8, 4) is 0 Å². The first-order chi connectivity index (χ1) is 9.41. The summed E-state index contributed by atoms with van der Waals surface area (Å²) in [5.74, 6) is -0.200. The van der Waals surface area contributed by atoms with Crippen LogP contribution in [0.15, 0.2) is 18.2 Å². The summed E-state index contributed by atoms with van der Waals surface area (Å²) < 4.78 is 0. The van der Waals surface area contributed by atoms with Crippen molar-refractivity contribution in [1.29, 1.82) is 0 Å². The van der Waals surface area contributed by atoms with Gasteiger partial charge in [-0.2, -0.15) is 0 Å². The zero-order valence-electron chi connectivity index (χ0n) is 11.5. The van der Waals surface area contributed by atoms with Gasteiger partial charge >= 0.3 is 0 Å². The molecule has 7 nitrogen and oxygen atoms in total. The average molecular weight is 278 g/mol. The van der Waals surface area contributed by atoms with E-state index in [0.29, 0.717) is 18.7 Å². The van der Waals surface area contributed by atoms with Gasteiger partial charge in [-0.1, -0.05) is 0 Å². The molecule has 2 rings (SSSR count). The van der Waals surface area contributed by atoms with Crippen LogP contribution >= 0.6 is 0 Å². The first kappa shape index (κ1) is 14.3. The number of carbonyl (C=O) groups is 1. The third-order valence-corrected chi connectivity index (χ3v) is 3.77. The summed E-state index contributed by atoms with van der Waals surface area (Å²) in [6.07, 6.45) is 0. The lowest BCUT2D eigenvalue weighted by Gasteiger charge is -2.38. The summed E-state index contributed by atoms with van der Waals surface area (Å²) in [5, 5.41) is 14.2. The largest absolute Gasteiger partial charge is 0.393 e. The van der Waals surface area contributed by atoms with Crippen molar-refractivity contribution in [2.75, 3.05) is 18.8 Å². The van der Waals surface area contributed by atoms with Gasteiger partial charge in [-0.05, 0) is 26.0 Å². The lowest BCUT2D eigenvalue weighted by Crippen LogP contribution is -2.57. The molecule has 1 fully saturated rings. The number of nitrogens with zero attached hydrogens (tertiary/aromatic N) is 2. The number of nitro benzene ring substituents is 1. The molecule has 7 heteroatoms. The van der Waals surface area contributed by atoms with Crippen molar-refractivity contribution in [3.05, 3.63) is 33.9 Å². The number of amides is 1. The maximum absolute atomic E-state index is 12.5. The zero-order chi connectivity index (χ0) is 14.9. The van der Waals surface area contributed by atoms with Gasteiger partial charge in [0, 0.05) is 36.8 Å². The van der Waals surface area contributed by atoms with E-state index in [0.717, 1.165) is 0 Å². The average Bonchev–Trinajstić information content (AvgIpc) is 2.41. The molecule has 0 aliphatic carbocycles. The maximum Gasteiger partial charge on any atom is 0.292 e. The lowest BCUT2D eigenvalue weighted by atomic mass is 10.0. The van der Waals surface area contributed by atoms with Gasteiger partial charge in [0.1, 0.15) is 5.69 Å². The van der Waals surface area contributed by atoms with E-state index in [1.165, 1.54) is 18.2 Å². The van der Waals surface area contributed by atoms with Gasteiger partial charge < -0.3 is 16.0 Å². The molecule has 1 aromatic rings. The van der Waals surface area contributed by atoms with Crippen molar-refractivity contribution in [1.82, 2.24) is 10.2 Å². The van der Waals surface area contributed by atoms with E-state index in [9.17, 15) is 14.9 Å². The number of carbonyl (C=O) groups excluding carboxylic acids is 1. The summed E-state index contributed by atoms with van der Waals surface area (Å²) in [6.45, 7) is 5.27. The first-order valence-corrected chi connectivity index (χ1v) is 6.50. The Bertz CT molecular complexity index is 546. The number of piperazine rings is 1. The molecule has 0 spiro atoms. The van der Waals surface area contributed by atoms with Crippen LogP contribution in [0.4, 0.5) is 11.4 Å². The molecule has 2 atom stereocenters. The Hall–Kier alpha value is -2.15. The van der Waals surface area contributed by atoms with Crippen molar-refractivity contribution in [2.24, 2.45) is 0 Å². The number of anilines is 1. The second-order valence-electron chi connectivity index (χ2n) is 5.01. The quantitative estimate of drug-likeness (QED) is 0.477. The van der Waals surface area contributed by atoms with Gasteiger partial charge in [-0.15, -0.1) is 0 Å². The molecule has 1 amide bonds. The van der Waals surface area contributed by atoms with Gasteiger partial charge in [-0.3, -0.25) is 14.9 Å². The number of nitrogens with two attached hydrogens (primary N) is 1. The van der Waals surface area contributed by atoms with Crippen LogP contribution in [0, 0.1) is 10.1 Å². The van der Waals surface area contributed by atoms with Crippen LogP contribution in [-0.4, -0.2) is 40.9 Å². The molecule has 0 radical (unpaired) electrons. The van der Waals surface area contributed by atoms with E-state index in [2.05, 4.69) is 5.32 Å². The van der Waals surface area contributed by atoms with Crippen LogP contribution in [0.2, 0.25) is 0 Å². The fourth-order valence-electron chi connectivity index (χ4n) is 2.34. The normalized spacial score (nSPS) is 22.6. The maximum atomic E-state index is 12.5. The lowest BCUT2D eigenvalue weighted by molar-refractivity contribution is -0.383. The van der Waals surface area contributed by atoms with E-state index in [4.69, 9.17) is 5.73 Å². The number of benzene rings is 1. The number of hydrogen-bond acceptors (Lipinski definition) is 5. The van der Waals surface area contributed by atoms with E-state index in [-0.39, 0.29) is 29.4 Å². The highest BCUT2D eigenvalue weighted by Crippen LogP contribution is 2.24. The molecule has 3 N–H and O–H groups in total. The minimum atomic E-state index is -0.573. The van der Waals surface area contributed by atoms with Crippen LogP contribution in [0.5, 0.6) is 0 Å². The molecule has 20 heavy (non-hydrogen) atoms. The monoisotopic (exact) mass is 278 g/mol. The van der Waals surface area contributed by atoms with Crippen LogP contribution in [0.25, 0.3) is 0 Å². The Morgan fingerprint density at radius 1 is 1.50 bits per heavy atom. The highest BCUT2D eigenvalue weighted by atomic mass is 16.6. The Kier molecular flexibility index (Phi) is 3.89. The molecule has 1 saturated heterocycles. The van der Waals surface area contributed by atoms with E-state index in [1.807, 2.05) is 13.8 Å². The second kappa shape index (κ2) is 5.46. The van der Waals surface area contributed by atoms with Crippen LogP contribution in [-0.2, 0) is 0 Å². The Morgan fingerprint density at radius 3 is 2.85 bits per heavy atom.